The van der Waals surface area contributed by atoms with Gasteiger partial charge in [-0.1, -0.05) is 18.2 Å². The second kappa shape index (κ2) is 9.45. The summed E-state index contributed by atoms with van der Waals surface area (Å²) in [4.78, 5) is 22.6. The van der Waals surface area contributed by atoms with E-state index >= 15 is 0 Å². The van der Waals surface area contributed by atoms with Crippen molar-refractivity contribution in [3.05, 3.63) is 60.2 Å². The fourth-order valence-electron chi connectivity index (χ4n) is 2.09. The third-order valence-corrected chi connectivity index (χ3v) is 3.30. The molecular weight excluding hydrogens is 377 g/mol. The Bertz CT molecular complexity index is 849. The number of alkyl halides is 3. The first-order valence-corrected chi connectivity index (χ1v) is 8.08. The molecule has 2 aromatic rings. The van der Waals surface area contributed by atoms with Crippen molar-refractivity contribution >= 4 is 23.6 Å². The summed E-state index contributed by atoms with van der Waals surface area (Å²) in [6.45, 7) is 0.142. The molecular formula is C19H17F3N2O4. The lowest BCUT2D eigenvalue weighted by molar-refractivity contribution is -0.274. The van der Waals surface area contributed by atoms with Gasteiger partial charge in [0, 0.05) is 17.3 Å². The fourth-order valence-corrected chi connectivity index (χ4v) is 2.09. The van der Waals surface area contributed by atoms with E-state index in [-0.39, 0.29) is 18.6 Å². The average Bonchev–Trinajstić information content (AvgIpc) is 2.61. The number of hydrogen-bond donors (Lipinski definition) is 2. The number of carbonyl (C=O) groups excluding carboxylic acids is 2. The van der Waals surface area contributed by atoms with Crippen molar-refractivity contribution in [3.63, 3.8) is 0 Å². The molecule has 0 spiro atoms. The minimum Gasteiger partial charge on any atom is -0.493 e. The molecule has 0 atom stereocenters. The number of carbonyl (C=O) groups is 2. The number of rotatable bonds is 8. The van der Waals surface area contributed by atoms with E-state index in [1.54, 1.807) is 24.3 Å². The Kier molecular flexibility index (Phi) is 7.02. The third kappa shape index (κ3) is 7.40. The fraction of sp³-hybridized carbons (Fsp3) is 0.158. The number of primary amides is 1. The van der Waals surface area contributed by atoms with E-state index in [1.807, 2.05) is 0 Å². The van der Waals surface area contributed by atoms with E-state index in [2.05, 4.69) is 10.1 Å². The molecule has 0 aromatic heterocycles. The summed E-state index contributed by atoms with van der Waals surface area (Å²) in [6.07, 6.45) is -2.43. The first-order chi connectivity index (χ1) is 13.2. The molecule has 6 nitrogen and oxygen atoms in total. The second-order valence-electron chi connectivity index (χ2n) is 5.50. The summed E-state index contributed by atoms with van der Waals surface area (Å²) in [5.41, 5.74) is 5.57. The highest BCUT2D eigenvalue weighted by atomic mass is 19.4. The predicted molar refractivity (Wildman–Crippen MR) is 96.5 cm³/mol. The van der Waals surface area contributed by atoms with Gasteiger partial charge in [-0.25, -0.2) is 0 Å². The van der Waals surface area contributed by atoms with E-state index < -0.39 is 23.9 Å². The van der Waals surface area contributed by atoms with Crippen LogP contribution < -0.4 is 20.5 Å². The molecule has 28 heavy (non-hydrogen) atoms. The Labute approximate surface area is 158 Å². The third-order valence-electron chi connectivity index (χ3n) is 3.30. The van der Waals surface area contributed by atoms with Crippen LogP contribution in [0.5, 0.6) is 11.5 Å². The van der Waals surface area contributed by atoms with Crippen molar-refractivity contribution in [2.45, 2.75) is 12.8 Å². The number of amides is 2. The van der Waals surface area contributed by atoms with Crippen LogP contribution in [-0.4, -0.2) is 24.8 Å². The number of anilines is 1. The zero-order chi connectivity index (χ0) is 20.6. The van der Waals surface area contributed by atoms with Crippen LogP contribution >= 0.6 is 0 Å². The molecule has 0 radical (unpaired) electrons. The summed E-state index contributed by atoms with van der Waals surface area (Å²) in [5.74, 6) is -0.924. The van der Waals surface area contributed by atoms with Crippen LogP contribution in [0.4, 0.5) is 18.9 Å². The topological polar surface area (TPSA) is 90.7 Å². The SMILES string of the molecule is NC(=O)CCOc1ccc(NC(=O)/C=C/c2ccccc2OC(F)(F)F)cc1. The monoisotopic (exact) mass is 394 g/mol. The number of nitrogens with two attached hydrogens (primary N) is 1. The Hall–Kier alpha value is -3.49. The molecule has 0 saturated heterocycles. The molecule has 0 aliphatic carbocycles. The summed E-state index contributed by atoms with van der Waals surface area (Å²) >= 11 is 0. The molecule has 0 fully saturated rings. The zero-order valence-electron chi connectivity index (χ0n) is 14.5. The molecule has 2 aromatic carbocycles. The van der Waals surface area contributed by atoms with Crippen molar-refractivity contribution in [1.29, 1.82) is 0 Å². The number of halogens is 3. The molecule has 0 aliphatic rings. The summed E-state index contributed by atoms with van der Waals surface area (Å²) in [6, 6.07) is 11.8. The van der Waals surface area contributed by atoms with Gasteiger partial charge in [-0.05, 0) is 36.4 Å². The maximum absolute atomic E-state index is 12.4. The van der Waals surface area contributed by atoms with Crippen molar-refractivity contribution in [3.8, 4) is 11.5 Å². The molecule has 0 unspecified atom stereocenters. The summed E-state index contributed by atoms with van der Waals surface area (Å²) < 4.78 is 46.4. The van der Waals surface area contributed by atoms with Gasteiger partial charge in [0.1, 0.15) is 11.5 Å². The van der Waals surface area contributed by atoms with Crippen LogP contribution in [0.25, 0.3) is 6.08 Å². The maximum Gasteiger partial charge on any atom is 0.573 e. The Balaban J connectivity index is 1.94. The maximum atomic E-state index is 12.4. The van der Waals surface area contributed by atoms with Crippen LogP contribution in [-0.2, 0) is 9.59 Å². The highest BCUT2D eigenvalue weighted by molar-refractivity contribution is 6.02. The number of ether oxygens (including phenoxy) is 2. The standard InChI is InChI=1S/C19H17F3N2O4/c20-19(21,22)28-16-4-2-1-3-13(16)5-10-18(26)24-14-6-8-15(9-7-14)27-12-11-17(23)25/h1-10H,11-12H2,(H2,23,25)(H,24,26)/b10-5+. The van der Waals surface area contributed by atoms with Gasteiger partial charge in [0.15, 0.2) is 0 Å². The molecule has 0 bridgehead atoms. The Morgan fingerprint density at radius 2 is 1.75 bits per heavy atom. The minimum absolute atomic E-state index is 0.0861. The highest BCUT2D eigenvalue weighted by Gasteiger charge is 2.31. The van der Waals surface area contributed by atoms with Gasteiger partial charge in [-0.15, -0.1) is 13.2 Å². The van der Waals surface area contributed by atoms with Crippen LogP contribution in [0.2, 0.25) is 0 Å². The lowest BCUT2D eigenvalue weighted by atomic mass is 10.2. The number of hydrogen-bond acceptors (Lipinski definition) is 4. The van der Waals surface area contributed by atoms with E-state index in [0.29, 0.717) is 11.4 Å². The smallest absolute Gasteiger partial charge is 0.493 e. The van der Waals surface area contributed by atoms with Gasteiger partial charge in [0.2, 0.25) is 11.8 Å². The summed E-state index contributed by atoms with van der Waals surface area (Å²) in [5, 5.41) is 2.56. The van der Waals surface area contributed by atoms with Crippen LogP contribution in [0, 0.1) is 0 Å². The molecule has 0 heterocycles. The van der Waals surface area contributed by atoms with Gasteiger partial charge in [-0.3, -0.25) is 9.59 Å². The van der Waals surface area contributed by atoms with Gasteiger partial charge in [-0.2, -0.15) is 0 Å². The molecule has 3 N–H and O–H groups in total. The number of para-hydroxylation sites is 1. The van der Waals surface area contributed by atoms with Crippen molar-refractivity contribution in [2.24, 2.45) is 5.73 Å². The van der Waals surface area contributed by atoms with E-state index in [0.717, 1.165) is 12.1 Å². The van der Waals surface area contributed by atoms with Crippen LogP contribution in [0.3, 0.4) is 0 Å². The van der Waals surface area contributed by atoms with Gasteiger partial charge < -0.3 is 20.5 Å². The normalized spacial score (nSPS) is 11.2. The lowest BCUT2D eigenvalue weighted by Crippen LogP contribution is -2.17. The highest BCUT2D eigenvalue weighted by Crippen LogP contribution is 2.27. The Morgan fingerprint density at radius 3 is 2.39 bits per heavy atom. The minimum atomic E-state index is -4.83. The Morgan fingerprint density at radius 1 is 1.07 bits per heavy atom. The first-order valence-electron chi connectivity index (χ1n) is 8.08. The van der Waals surface area contributed by atoms with Gasteiger partial charge in [0.25, 0.3) is 0 Å². The van der Waals surface area contributed by atoms with Crippen molar-refractivity contribution in [2.75, 3.05) is 11.9 Å². The molecule has 148 valence electrons. The number of nitrogens with one attached hydrogen (secondary N) is 1. The largest absolute Gasteiger partial charge is 0.573 e. The zero-order valence-corrected chi connectivity index (χ0v) is 14.5. The van der Waals surface area contributed by atoms with Crippen molar-refractivity contribution < 1.29 is 32.2 Å². The predicted octanol–water partition coefficient (Wildman–Crippen LogP) is 3.49. The van der Waals surface area contributed by atoms with Crippen LogP contribution in [0.1, 0.15) is 12.0 Å². The van der Waals surface area contributed by atoms with Crippen molar-refractivity contribution in [1.82, 2.24) is 0 Å². The molecule has 2 amide bonds. The lowest BCUT2D eigenvalue weighted by Gasteiger charge is -2.11. The second-order valence-corrected chi connectivity index (χ2v) is 5.50. The van der Waals surface area contributed by atoms with Gasteiger partial charge in [0.05, 0.1) is 13.0 Å². The quantitative estimate of drug-likeness (QED) is 0.671. The molecule has 0 aliphatic heterocycles. The van der Waals surface area contributed by atoms with E-state index in [4.69, 9.17) is 10.5 Å². The van der Waals surface area contributed by atoms with E-state index in [1.165, 1.54) is 24.3 Å². The average molecular weight is 394 g/mol. The molecule has 9 heteroatoms. The molecule has 0 saturated carbocycles. The first kappa shape index (κ1) is 20.8. The van der Waals surface area contributed by atoms with Gasteiger partial charge >= 0.3 is 6.36 Å². The van der Waals surface area contributed by atoms with Crippen LogP contribution in [0.15, 0.2) is 54.6 Å². The number of benzene rings is 2. The van der Waals surface area contributed by atoms with E-state index in [9.17, 15) is 22.8 Å². The summed E-state index contributed by atoms with van der Waals surface area (Å²) in [7, 11) is 0. The molecule has 2 rings (SSSR count).